The SMILES string of the molecule is COc1ccc(Br)cc1C(=O)NC(=S)N1CCN(C(c2ccccc2)c2ccccc2)CC1. The maximum absolute atomic E-state index is 12.8. The molecule has 1 amide bonds. The lowest BCUT2D eigenvalue weighted by molar-refractivity contribution is 0.0964. The number of nitrogens with one attached hydrogen (secondary N) is 1. The van der Waals surface area contributed by atoms with Gasteiger partial charge in [0.05, 0.1) is 18.7 Å². The Hall–Kier alpha value is -2.74. The van der Waals surface area contributed by atoms with Gasteiger partial charge in [-0.3, -0.25) is 15.0 Å². The topological polar surface area (TPSA) is 44.8 Å². The van der Waals surface area contributed by atoms with Crippen LogP contribution in [0, 0.1) is 0 Å². The van der Waals surface area contributed by atoms with E-state index < -0.39 is 0 Å². The summed E-state index contributed by atoms with van der Waals surface area (Å²) in [7, 11) is 1.55. The molecule has 4 rings (SSSR count). The number of benzene rings is 3. The highest BCUT2D eigenvalue weighted by Crippen LogP contribution is 2.29. The van der Waals surface area contributed by atoms with Gasteiger partial charge in [0.25, 0.3) is 5.91 Å². The summed E-state index contributed by atoms with van der Waals surface area (Å²) < 4.78 is 6.13. The van der Waals surface area contributed by atoms with Crippen LogP contribution >= 0.6 is 28.1 Å². The second-order valence-corrected chi connectivity index (χ2v) is 9.15. The highest BCUT2D eigenvalue weighted by Gasteiger charge is 2.28. The lowest BCUT2D eigenvalue weighted by atomic mass is 9.96. The van der Waals surface area contributed by atoms with Crippen LogP contribution in [0.4, 0.5) is 0 Å². The number of carbonyl (C=O) groups is 1. The number of halogens is 1. The molecule has 33 heavy (non-hydrogen) atoms. The van der Waals surface area contributed by atoms with Crippen molar-refractivity contribution in [1.82, 2.24) is 15.1 Å². The number of rotatable bonds is 5. The zero-order valence-corrected chi connectivity index (χ0v) is 20.8. The second-order valence-electron chi connectivity index (χ2n) is 7.85. The number of hydrogen-bond acceptors (Lipinski definition) is 4. The van der Waals surface area contributed by atoms with Crippen LogP contribution in [0.15, 0.2) is 83.3 Å². The number of piperazine rings is 1. The molecule has 0 aliphatic carbocycles. The van der Waals surface area contributed by atoms with Gasteiger partial charge in [0.15, 0.2) is 5.11 Å². The third-order valence-corrected chi connectivity index (χ3v) is 6.68. The number of ether oxygens (including phenoxy) is 1. The van der Waals surface area contributed by atoms with Crippen molar-refractivity contribution < 1.29 is 9.53 Å². The van der Waals surface area contributed by atoms with Gasteiger partial charge >= 0.3 is 0 Å². The third kappa shape index (κ3) is 5.61. The lowest BCUT2D eigenvalue weighted by Gasteiger charge is -2.40. The Morgan fingerprint density at radius 2 is 1.52 bits per heavy atom. The van der Waals surface area contributed by atoms with E-state index in [-0.39, 0.29) is 11.9 Å². The van der Waals surface area contributed by atoms with E-state index in [1.54, 1.807) is 19.2 Å². The molecule has 0 radical (unpaired) electrons. The minimum absolute atomic E-state index is 0.184. The molecule has 1 aliphatic heterocycles. The van der Waals surface area contributed by atoms with Gasteiger partial charge < -0.3 is 9.64 Å². The van der Waals surface area contributed by atoms with Crippen molar-refractivity contribution in [3.63, 3.8) is 0 Å². The molecule has 0 aromatic heterocycles. The maximum atomic E-state index is 12.8. The van der Waals surface area contributed by atoms with Gasteiger partial charge in [0.2, 0.25) is 0 Å². The quantitative estimate of drug-likeness (QED) is 0.483. The van der Waals surface area contributed by atoms with Crippen LogP contribution in [0.5, 0.6) is 5.75 Å². The van der Waals surface area contributed by atoms with Crippen LogP contribution in [-0.4, -0.2) is 54.1 Å². The largest absolute Gasteiger partial charge is 0.496 e. The Labute approximate surface area is 208 Å². The van der Waals surface area contributed by atoms with Crippen LogP contribution < -0.4 is 10.1 Å². The van der Waals surface area contributed by atoms with Crippen LogP contribution in [0.1, 0.15) is 27.5 Å². The van der Waals surface area contributed by atoms with Gasteiger partial charge in [0, 0.05) is 30.7 Å². The fraction of sp³-hybridized carbons (Fsp3) is 0.231. The molecule has 0 atom stereocenters. The van der Waals surface area contributed by atoms with Gasteiger partial charge in [-0.15, -0.1) is 0 Å². The number of thiocarbonyl (C=S) groups is 1. The zero-order chi connectivity index (χ0) is 23.2. The van der Waals surface area contributed by atoms with Crippen LogP contribution in [0.3, 0.4) is 0 Å². The first-order valence-corrected chi connectivity index (χ1v) is 12.0. The Kier molecular flexibility index (Phi) is 7.75. The number of amides is 1. The lowest BCUT2D eigenvalue weighted by Crippen LogP contribution is -2.53. The first kappa shape index (κ1) is 23.4. The smallest absolute Gasteiger partial charge is 0.261 e. The molecular weight excluding hydrogens is 498 g/mol. The monoisotopic (exact) mass is 523 g/mol. The van der Waals surface area contributed by atoms with Gasteiger partial charge in [0.1, 0.15) is 5.75 Å². The van der Waals surface area contributed by atoms with Gasteiger partial charge in [-0.25, -0.2) is 0 Å². The summed E-state index contributed by atoms with van der Waals surface area (Å²) >= 11 is 8.99. The summed E-state index contributed by atoms with van der Waals surface area (Å²) in [6, 6.07) is 26.7. The summed E-state index contributed by atoms with van der Waals surface area (Å²) in [5.41, 5.74) is 2.99. The van der Waals surface area contributed by atoms with Crippen molar-refractivity contribution in [3.8, 4) is 5.75 Å². The molecule has 170 valence electrons. The van der Waals surface area contributed by atoms with Gasteiger partial charge in [-0.1, -0.05) is 76.6 Å². The van der Waals surface area contributed by atoms with Crippen molar-refractivity contribution in [2.45, 2.75) is 6.04 Å². The Bertz CT molecular complexity index is 1060. The summed E-state index contributed by atoms with van der Waals surface area (Å²) in [5.74, 6) is 0.240. The summed E-state index contributed by atoms with van der Waals surface area (Å²) in [4.78, 5) is 17.4. The molecular formula is C26H26BrN3O2S. The maximum Gasteiger partial charge on any atom is 0.261 e. The summed E-state index contributed by atoms with van der Waals surface area (Å²) in [6.07, 6.45) is 0. The van der Waals surface area contributed by atoms with Crippen molar-refractivity contribution in [1.29, 1.82) is 0 Å². The average molecular weight is 524 g/mol. The van der Waals surface area contributed by atoms with Crippen molar-refractivity contribution in [3.05, 3.63) is 100 Å². The van der Waals surface area contributed by atoms with Crippen molar-refractivity contribution >= 4 is 39.2 Å². The molecule has 1 fully saturated rings. The molecule has 1 N–H and O–H groups in total. The summed E-state index contributed by atoms with van der Waals surface area (Å²) in [6.45, 7) is 3.16. The first-order valence-electron chi connectivity index (χ1n) is 10.8. The zero-order valence-electron chi connectivity index (χ0n) is 18.4. The molecule has 3 aromatic rings. The number of carbonyl (C=O) groups excluding carboxylic acids is 1. The predicted molar refractivity (Wildman–Crippen MR) is 139 cm³/mol. The van der Waals surface area contributed by atoms with Crippen LogP contribution in [0.2, 0.25) is 0 Å². The Balaban J connectivity index is 1.43. The van der Waals surface area contributed by atoms with E-state index >= 15 is 0 Å². The highest BCUT2D eigenvalue weighted by molar-refractivity contribution is 9.10. The van der Waals surface area contributed by atoms with E-state index in [1.807, 2.05) is 18.2 Å². The van der Waals surface area contributed by atoms with E-state index in [0.717, 1.165) is 30.7 Å². The van der Waals surface area contributed by atoms with Crippen LogP contribution in [0.25, 0.3) is 0 Å². The minimum Gasteiger partial charge on any atom is -0.496 e. The van der Waals surface area contributed by atoms with Crippen molar-refractivity contribution in [2.24, 2.45) is 0 Å². The van der Waals surface area contributed by atoms with E-state index in [4.69, 9.17) is 17.0 Å². The predicted octanol–water partition coefficient (Wildman–Crippen LogP) is 4.88. The summed E-state index contributed by atoms with van der Waals surface area (Å²) in [5, 5.41) is 3.32. The molecule has 1 heterocycles. The second kappa shape index (κ2) is 10.9. The molecule has 0 saturated carbocycles. The molecule has 1 aliphatic rings. The fourth-order valence-corrected chi connectivity index (χ4v) is 4.81. The Morgan fingerprint density at radius 3 is 2.06 bits per heavy atom. The number of methoxy groups -OCH3 is 1. The first-order chi connectivity index (χ1) is 16.1. The van der Waals surface area contributed by atoms with E-state index in [9.17, 15) is 4.79 Å². The van der Waals surface area contributed by atoms with Gasteiger partial charge in [-0.05, 0) is 41.5 Å². The van der Waals surface area contributed by atoms with E-state index in [2.05, 4.69) is 79.6 Å². The van der Waals surface area contributed by atoms with Crippen molar-refractivity contribution in [2.75, 3.05) is 33.3 Å². The molecule has 1 saturated heterocycles. The minimum atomic E-state index is -0.271. The molecule has 0 unspecified atom stereocenters. The fourth-order valence-electron chi connectivity index (χ4n) is 4.17. The highest BCUT2D eigenvalue weighted by atomic mass is 79.9. The third-order valence-electron chi connectivity index (χ3n) is 5.82. The van der Waals surface area contributed by atoms with E-state index in [0.29, 0.717) is 16.4 Å². The number of nitrogens with zero attached hydrogens (tertiary/aromatic N) is 2. The van der Waals surface area contributed by atoms with Gasteiger partial charge in [-0.2, -0.15) is 0 Å². The molecule has 5 nitrogen and oxygen atoms in total. The molecule has 7 heteroatoms. The molecule has 3 aromatic carbocycles. The average Bonchev–Trinajstić information content (AvgIpc) is 2.86. The van der Waals surface area contributed by atoms with E-state index in [1.165, 1.54) is 11.1 Å². The normalized spacial score (nSPS) is 14.2. The number of hydrogen-bond donors (Lipinski definition) is 1. The Morgan fingerprint density at radius 1 is 0.939 bits per heavy atom. The molecule has 0 spiro atoms. The molecule has 0 bridgehead atoms. The standard InChI is InChI=1S/C26H26BrN3O2S/c1-32-23-13-12-21(27)18-22(23)25(31)28-26(33)30-16-14-29(15-17-30)24(19-8-4-2-5-9-19)20-10-6-3-7-11-20/h2-13,18,24H,14-17H2,1H3,(H,28,31,33). The van der Waals surface area contributed by atoms with Crippen LogP contribution in [-0.2, 0) is 0 Å².